The molecule has 0 aliphatic carbocycles. The molecule has 198 valence electrons. The molecule has 2 aliphatic heterocycles. The van der Waals surface area contributed by atoms with Gasteiger partial charge in [-0.3, -0.25) is 24.0 Å². The topological polar surface area (TPSA) is 84.3 Å². The van der Waals surface area contributed by atoms with Crippen LogP contribution in [0.25, 0.3) is 11.3 Å². The third-order valence-corrected chi connectivity index (χ3v) is 9.05. The highest BCUT2D eigenvalue weighted by molar-refractivity contribution is 7.27. The maximum atomic E-state index is 13.8. The van der Waals surface area contributed by atoms with Crippen LogP contribution in [-0.2, 0) is 19.4 Å². The van der Waals surface area contributed by atoms with Gasteiger partial charge in [0.05, 0.1) is 39.0 Å². The SMILES string of the molecule is O=C(N[C@@H](Cc1ccc(F)cc1P)CN1C(=O)c2ccccc2C1=O)c1cc2c(s1)CCCn1ncc(Cl)c1-2. The van der Waals surface area contributed by atoms with Crippen molar-refractivity contribution >= 4 is 55.2 Å². The van der Waals surface area contributed by atoms with E-state index in [9.17, 15) is 18.8 Å². The Hall–Kier alpha value is -3.39. The zero-order valence-electron chi connectivity index (χ0n) is 20.6. The van der Waals surface area contributed by atoms with Gasteiger partial charge in [-0.25, -0.2) is 4.39 Å². The predicted octanol–water partition coefficient (Wildman–Crippen LogP) is 4.49. The second-order valence-electron chi connectivity index (χ2n) is 9.60. The van der Waals surface area contributed by atoms with E-state index in [2.05, 4.69) is 19.7 Å². The number of carbonyl (C=O) groups excluding carboxylic acids is 3. The summed E-state index contributed by atoms with van der Waals surface area (Å²) >= 11 is 7.84. The molecule has 0 radical (unpaired) electrons. The maximum Gasteiger partial charge on any atom is 0.261 e. The number of aryl methyl sites for hydroxylation is 2. The van der Waals surface area contributed by atoms with Gasteiger partial charge in [0, 0.05) is 23.5 Å². The van der Waals surface area contributed by atoms with E-state index >= 15 is 0 Å². The van der Waals surface area contributed by atoms with Gasteiger partial charge in [0.15, 0.2) is 0 Å². The number of carbonyl (C=O) groups is 3. The minimum Gasteiger partial charge on any atom is -0.346 e. The van der Waals surface area contributed by atoms with Crippen molar-refractivity contribution in [2.45, 2.75) is 31.8 Å². The van der Waals surface area contributed by atoms with E-state index in [1.807, 2.05) is 10.7 Å². The van der Waals surface area contributed by atoms with Crippen molar-refractivity contribution in [1.29, 1.82) is 0 Å². The smallest absolute Gasteiger partial charge is 0.261 e. The van der Waals surface area contributed by atoms with E-state index in [-0.39, 0.29) is 18.3 Å². The average Bonchev–Trinajstić information content (AvgIpc) is 3.53. The Balaban J connectivity index is 1.29. The fourth-order valence-corrected chi connectivity index (χ4v) is 6.90. The van der Waals surface area contributed by atoms with Crippen molar-refractivity contribution in [2.24, 2.45) is 0 Å². The van der Waals surface area contributed by atoms with Crippen LogP contribution in [-0.4, -0.2) is 45.0 Å². The second-order valence-corrected chi connectivity index (χ2v) is 11.8. The molecule has 0 saturated heterocycles. The molecule has 7 nitrogen and oxygen atoms in total. The number of thiophene rings is 1. The molecule has 0 fully saturated rings. The Morgan fingerprint density at radius 2 is 1.87 bits per heavy atom. The lowest BCUT2D eigenvalue weighted by Gasteiger charge is -2.24. The molecule has 0 bridgehead atoms. The number of rotatable bonds is 6. The Morgan fingerprint density at radius 3 is 2.59 bits per heavy atom. The van der Waals surface area contributed by atoms with E-state index in [0.29, 0.717) is 32.8 Å². The summed E-state index contributed by atoms with van der Waals surface area (Å²) in [7, 11) is 2.50. The van der Waals surface area contributed by atoms with Gasteiger partial charge in [0.2, 0.25) is 0 Å². The van der Waals surface area contributed by atoms with Crippen LogP contribution in [0, 0.1) is 5.82 Å². The Bertz CT molecular complexity index is 1620. The zero-order valence-corrected chi connectivity index (χ0v) is 23.3. The normalized spacial score (nSPS) is 15.0. The molecule has 39 heavy (non-hydrogen) atoms. The van der Waals surface area contributed by atoms with Crippen LogP contribution in [0.1, 0.15) is 47.2 Å². The van der Waals surface area contributed by atoms with Crippen molar-refractivity contribution in [3.05, 3.63) is 92.0 Å². The Kier molecular flexibility index (Phi) is 6.83. The molecule has 3 amide bonds. The second kappa shape index (κ2) is 10.3. The summed E-state index contributed by atoms with van der Waals surface area (Å²) in [4.78, 5) is 42.4. The number of imide groups is 1. The summed E-state index contributed by atoms with van der Waals surface area (Å²) in [6, 6.07) is 12.3. The van der Waals surface area contributed by atoms with Gasteiger partial charge in [0.1, 0.15) is 5.82 Å². The number of nitrogens with zero attached hydrogens (tertiary/aromatic N) is 3. The minimum atomic E-state index is -0.611. The first kappa shape index (κ1) is 25.9. The Morgan fingerprint density at radius 1 is 1.13 bits per heavy atom. The maximum absolute atomic E-state index is 13.8. The lowest BCUT2D eigenvalue weighted by atomic mass is 10.0. The molecular weight excluding hydrogens is 558 g/mol. The number of fused-ring (bicyclic) bond motifs is 4. The van der Waals surface area contributed by atoms with Gasteiger partial charge in [0.25, 0.3) is 17.7 Å². The van der Waals surface area contributed by atoms with Crippen LogP contribution < -0.4 is 10.6 Å². The molecule has 2 atom stereocenters. The molecule has 2 aromatic heterocycles. The Labute approximate surface area is 235 Å². The van der Waals surface area contributed by atoms with Crippen LogP contribution >= 0.6 is 32.2 Å². The fraction of sp³-hybridized carbons (Fsp3) is 0.214. The highest BCUT2D eigenvalue weighted by Gasteiger charge is 2.37. The van der Waals surface area contributed by atoms with Gasteiger partial charge in [-0.2, -0.15) is 5.10 Å². The monoisotopic (exact) mass is 580 g/mol. The molecule has 6 rings (SSSR count). The summed E-state index contributed by atoms with van der Waals surface area (Å²) in [5, 5.41) is 8.58. The standard InChI is InChI=1S/C28H23ClFN4O3PS/c29-21-13-31-34-9-3-6-23-20(25(21)34)12-24(39-23)26(35)32-17(10-15-7-8-16(30)11-22(15)38)14-33-27(36)18-4-1-2-5-19(18)28(33)37/h1-2,4-5,7-8,11-13,17H,3,6,9-10,14,38H2,(H,32,35)/t17-/m0/s1. The summed E-state index contributed by atoms with van der Waals surface area (Å²) in [5.74, 6) is -1.48. The van der Waals surface area contributed by atoms with E-state index < -0.39 is 17.9 Å². The van der Waals surface area contributed by atoms with Crippen molar-refractivity contribution < 1.29 is 18.8 Å². The number of benzene rings is 2. The lowest BCUT2D eigenvalue weighted by molar-refractivity contribution is 0.0629. The van der Waals surface area contributed by atoms with Gasteiger partial charge in [-0.05, 0) is 60.5 Å². The van der Waals surface area contributed by atoms with Gasteiger partial charge < -0.3 is 5.32 Å². The number of aromatic nitrogens is 2. The summed E-state index contributed by atoms with van der Waals surface area (Å²) < 4.78 is 15.6. The fourth-order valence-electron chi connectivity index (χ4n) is 5.18. The highest BCUT2D eigenvalue weighted by Crippen LogP contribution is 2.38. The first-order valence-electron chi connectivity index (χ1n) is 12.4. The molecule has 0 saturated carbocycles. The largest absolute Gasteiger partial charge is 0.346 e. The quantitative estimate of drug-likeness (QED) is 0.269. The first-order chi connectivity index (χ1) is 18.8. The van der Waals surface area contributed by atoms with Crippen molar-refractivity contribution in [2.75, 3.05) is 6.54 Å². The molecular formula is C28H23ClFN4O3PS. The summed E-state index contributed by atoms with van der Waals surface area (Å²) in [6.45, 7) is 0.728. The van der Waals surface area contributed by atoms with Gasteiger partial charge in [-0.15, -0.1) is 20.6 Å². The van der Waals surface area contributed by atoms with Crippen molar-refractivity contribution in [1.82, 2.24) is 20.0 Å². The molecule has 4 heterocycles. The number of hydrogen-bond acceptors (Lipinski definition) is 5. The lowest BCUT2D eigenvalue weighted by Crippen LogP contribution is -2.47. The number of hydrogen-bond donors (Lipinski definition) is 1. The molecule has 2 aromatic carbocycles. The third kappa shape index (κ3) is 4.80. The van der Waals surface area contributed by atoms with Crippen LogP contribution in [0.5, 0.6) is 0 Å². The van der Waals surface area contributed by atoms with E-state index in [4.69, 9.17) is 11.6 Å². The van der Waals surface area contributed by atoms with Crippen molar-refractivity contribution in [3.63, 3.8) is 0 Å². The van der Waals surface area contributed by atoms with Crippen LogP contribution in [0.3, 0.4) is 0 Å². The number of halogens is 2. The molecule has 2 aliphatic rings. The minimum absolute atomic E-state index is 0.0245. The van der Waals surface area contributed by atoms with Crippen LogP contribution in [0.2, 0.25) is 5.02 Å². The summed E-state index contributed by atoms with van der Waals surface area (Å²) in [6.07, 6.45) is 3.59. The van der Waals surface area contributed by atoms with E-state index in [1.165, 1.54) is 28.4 Å². The molecule has 4 aromatic rings. The summed E-state index contributed by atoms with van der Waals surface area (Å²) in [5.41, 5.74) is 3.17. The molecule has 1 unspecified atom stereocenters. The molecule has 11 heteroatoms. The van der Waals surface area contributed by atoms with Gasteiger partial charge in [-0.1, -0.05) is 29.8 Å². The van der Waals surface area contributed by atoms with Crippen LogP contribution in [0.15, 0.2) is 54.7 Å². The van der Waals surface area contributed by atoms with Crippen LogP contribution in [0.4, 0.5) is 4.39 Å². The van der Waals surface area contributed by atoms with E-state index in [0.717, 1.165) is 41.1 Å². The predicted molar refractivity (Wildman–Crippen MR) is 151 cm³/mol. The zero-order chi connectivity index (χ0) is 27.3. The first-order valence-corrected chi connectivity index (χ1v) is 14.2. The molecule has 1 N–H and O–H groups in total. The number of amides is 3. The van der Waals surface area contributed by atoms with Crippen molar-refractivity contribution in [3.8, 4) is 11.3 Å². The van der Waals surface area contributed by atoms with E-state index in [1.54, 1.807) is 36.5 Å². The number of nitrogens with one attached hydrogen (secondary N) is 1. The third-order valence-electron chi connectivity index (χ3n) is 7.05. The van der Waals surface area contributed by atoms with Gasteiger partial charge >= 0.3 is 0 Å². The average molecular weight is 581 g/mol. The highest BCUT2D eigenvalue weighted by atomic mass is 35.5. The molecule has 0 spiro atoms.